The van der Waals surface area contributed by atoms with Gasteiger partial charge in [-0.25, -0.2) is 4.39 Å². The van der Waals surface area contributed by atoms with Crippen LogP contribution in [0.3, 0.4) is 0 Å². The number of methoxy groups -OCH3 is 1. The van der Waals surface area contributed by atoms with Crippen molar-refractivity contribution in [3.63, 3.8) is 0 Å². The van der Waals surface area contributed by atoms with E-state index in [2.05, 4.69) is 0 Å². The molecule has 1 nitrogen and oxygen atoms in total. The summed E-state index contributed by atoms with van der Waals surface area (Å²) >= 11 is 5.79. The SMILES string of the molecule is COc1c(C)cc(Cl)c2c1[C@@H]2F. The predicted octanol–water partition coefficient (Wildman–Crippen LogP) is 3.03. The first kappa shape index (κ1) is 7.87. The molecule has 0 saturated carbocycles. The van der Waals surface area contributed by atoms with Gasteiger partial charge < -0.3 is 4.74 Å². The zero-order chi connectivity index (χ0) is 8.88. The number of alkyl halides is 1. The highest BCUT2D eigenvalue weighted by Crippen LogP contribution is 2.55. The third kappa shape index (κ3) is 0.845. The topological polar surface area (TPSA) is 9.23 Å². The number of hydrogen-bond acceptors (Lipinski definition) is 1. The molecule has 0 aromatic heterocycles. The molecule has 0 heterocycles. The first-order chi connectivity index (χ1) is 5.66. The number of benzene rings is 1. The Morgan fingerprint density at radius 2 is 2.17 bits per heavy atom. The number of fused-ring (bicyclic) bond motifs is 1. The third-order valence-corrected chi connectivity index (χ3v) is 2.43. The second-order valence-corrected chi connectivity index (χ2v) is 3.31. The van der Waals surface area contributed by atoms with Gasteiger partial charge >= 0.3 is 0 Å². The first-order valence-corrected chi connectivity index (χ1v) is 4.05. The molecule has 1 aliphatic carbocycles. The summed E-state index contributed by atoms with van der Waals surface area (Å²) in [4.78, 5) is 0. The molecule has 1 atom stereocenters. The highest BCUT2D eigenvalue weighted by atomic mass is 35.5. The van der Waals surface area contributed by atoms with E-state index in [0.717, 1.165) is 5.56 Å². The number of rotatable bonds is 1. The van der Waals surface area contributed by atoms with Crippen molar-refractivity contribution in [3.8, 4) is 5.75 Å². The summed E-state index contributed by atoms with van der Waals surface area (Å²) in [5.74, 6) is 0.641. The lowest BCUT2D eigenvalue weighted by molar-refractivity contribution is 0.399. The van der Waals surface area contributed by atoms with Gasteiger partial charge in [0.1, 0.15) is 5.75 Å². The molecule has 0 aliphatic heterocycles. The Morgan fingerprint density at radius 3 is 2.75 bits per heavy atom. The van der Waals surface area contributed by atoms with E-state index in [0.29, 0.717) is 21.9 Å². The summed E-state index contributed by atoms with van der Waals surface area (Å²) in [5, 5.41) is 0.510. The Bertz CT molecular complexity index is 349. The van der Waals surface area contributed by atoms with Gasteiger partial charge in [-0.05, 0) is 18.6 Å². The van der Waals surface area contributed by atoms with Gasteiger partial charge in [0.25, 0.3) is 0 Å². The van der Waals surface area contributed by atoms with Crippen molar-refractivity contribution in [1.82, 2.24) is 0 Å². The van der Waals surface area contributed by atoms with Crippen LogP contribution in [0.1, 0.15) is 22.9 Å². The molecule has 1 aliphatic rings. The molecule has 0 bridgehead atoms. The van der Waals surface area contributed by atoms with Gasteiger partial charge in [-0.1, -0.05) is 11.6 Å². The van der Waals surface area contributed by atoms with Gasteiger partial charge in [-0.3, -0.25) is 0 Å². The molecule has 0 fully saturated rings. The summed E-state index contributed by atoms with van der Waals surface area (Å²) in [5.41, 5.74) is 2.11. The molecule has 0 amide bonds. The zero-order valence-corrected chi connectivity index (χ0v) is 7.57. The molecule has 64 valence electrons. The van der Waals surface area contributed by atoms with Crippen molar-refractivity contribution in [2.24, 2.45) is 0 Å². The van der Waals surface area contributed by atoms with Crippen LogP contribution in [0.4, 0.5) is 4.39 Å². The van der Waals surface area contributed by atoms with Gasteiger partial charge in [0.05, 0.1) is 7.11 Å². The molecular weight excluding hydrogens is 179 g/mol. The van der Waals surface area contributed by atoms with Crippen LogP contribution in [0.5, 0.6) is 5.75 Å². The van der Waals surface area contributed by atoms with E-state index >= 15 is 0 Å². The normalized spacial score (nSPS) is 18.8. The summed E-state index contributed by atoms with van der Waals surface area (Å²) in [6.45, 7) is 1.86. The molecular formula is C9H8ClFO. The molecule has 3 heteroatoms. The van der Waals surface area contributed by atoms with Gasteiger partial charge in [0.2, 0.25) is 0 Å². The fourth-order valence-corrected chi connectivity index (χ4v) is 1.86. The average molecular weight is 187 g/mol. The second kappa shape index (κ2) is 2.36. The van der Waals surface area contributed by atoms with E-state index in [1.54, 1.807) is 13.2 Å². The molecule has 1 aromatic carbocycles. The Balaban J connectivity index is 2.62. The quantitative estimate of drug-likeness (QED) is 0.655. The second-order valence-electron chi connectivity index (χ2n) is 2.90. The fourth-order valence-electron chi connectivity index (χ4n) is 1.50. The fraction of sp³-hybridized carbons (Fsp3) is 0.333. The van der Waals surface area contributed by atoms with Crippen molar-refractivity contribution >= 4 is 11.6 Å². The standard InChI is InChI=1S/C9H8ClFO/c1-4-3-5(10)6-7(8(6)11)9(4)12-2/h3,8H,1-2H3/t8-/m1/s1. The molecule has 1 aromatic rings. The van der Waals surface area contributed by atoms with Crippen molar-refractivity contribution in [2.75, 3.05) is 7.11 Å². The average Bonchev–Trinajstić information content (AvgIpc) is 2.63. The molecule has 12 heavy (non-hydrogen) atoms. The Morgan fingerprint density at radius 1 is 1.50 bits per heavy atom. The smallest absolute Gasteiger partial charge is 0.156 e. The van der Waals surface area contributed by atoms with E-state index in [1.807, 2.05) is 6.92 Å². The third-order valence-electron chi connectivity index (χ3n) is 2.12. The van der Waals surface area contributed by atoms with Crippen molar-refractivity contribution in [2.45, 2.75) is 13.1 Å². The number of hydrogen-bond donors (Lipinski definition) is 0. The Labute approximate surface area is 75.1 Å². The number of halogens is 2. The van der Waals surface area contributed by atoms with Gasteiger partial charge in [-0.15, -0.1) is 0 Å². The largest absolute Gasteiger partial charge is 0.496 e. The molecule has 2 rings (SSSR count). The van der Waals surface area contributed by atoms with Crippen LogP contribution in [-0.2, 0) is 0 Å². The van der Waals surface area contributed by atoms with E-state index in [-0.39, 0.29) is 0 Å². The highest BCUT2D eigenvalue weighted by Gasteiger charge is 2.40. The summed E-state index contributed by atoms with van der Waals surface area (Å²) < 4.78 is 18.1. The van der Waals surface area contributed by atoms with Gasteiger partial charge in [0, 0.05) is 16.1 Å². The molecule has 0 spiro atoms. The zero-order valence-electron chi connectivity index (χ0n) is 6.82. The van der Waals surface area contributed by atoms with E-state index in [4.69, 9.17) is 16.3 Å². The monoisotopic (exact) mass is 186 g/mol. The van der Waals surface area contributed by atoms with Crippen molar-refractivity contribution in [3.05, 3.63) is 27.8 Å². The lowest BCUT2D eigenvalue weighted by atomic mass is 10.2. The summed E-state index contributed by atoms with van der Waals surface area (Å²) in [6.07, 6.45) is -0.999. The van der Waals surface area contributed by atoms with E-state index in [1.165, 1.54) is 0 Å². The highest BCUT2D eigenvalue weighted by molar-refractivity contribution is 6.32. The lowest BCUT2D eigenvalue weighted by Crippen LogP contribution is -1.86. The lowest BCUT2D eigenvalue weighted by Gasteiger charge is -2.02. The van der Waals surface area contributed by atoms with E-state index < -0.39 is 6.17 Å². The van der Waals surface area contributed by atoms with Crippen LogP contribution in [0.25, 0.3) is 0 Å². The van der Waals surface area contributed by atoms with Crippen LogP contribution in [0.2, 0.25) is 5.02 Å². The maximum Gasteiger partial charge on any atom is 0.156 e. The minimum absolute atomic E-state index is 0.510. The molecule has 0 saturated heterocycles. The van der Waals surface area contributed by atoms with Gasteiger partial charge in [-0.2, -0.15) is 0 Å². The van der Waals surface area contributed by atoms with Crippen molar-refractivity contribution < 1.29 is 9.13 Å². The maximum atomic E-state index is 13.0. The summed E-state index contributed by atoms with van der Waals surface area (Å²) in [7, 11) is 1.54. The van der Waals surface area contributed by atoms with Gasteiger partial charge in [0.15, 0.2) is 6.17 Å². The van der Waals surface area contributed by atoms with Crippen LogP contribution in [0.15, 0.2) is 6.07 Å². The Hall–Kier alpha value is -0.760. The van der Waals surface area contributed by atoms with Crippen LogP contribution in [0, 0.1) is 6.92 Å². The minimum Gasteiger partial charge on any atom is -0.496 e. The van der Waals surface area contributed by atoms with Crippen LogP contribution in [-0.4, -0.2) is 7.11 Å². The van der Waals surface area contributed by atoms with Crippen LogP contribution >= 0.6 is 11.6 Å². The van der Waals surface area contributed by atoms with Crippen molar-refractivity contribution in [1.29, 1.82) is 0 Å². The first-order valence-electron chi connectivity index (χ1n) is 3.67. The summed E-state index contributed by atoms with van der Waals surface area (Å²) in [6, 6.07) is 1.73. The van der Waals surface area contributed by atoms with E-state index in [9.17, 15) is 4.39 Å². The molecule has 0 radical (unpaired) electrons. The minimum atomic E-state index is -0.999. The molecule has 0 N–H and O–H groups in total. The maximum absolute atomic E-state index is 13.0. The Kier molecular flexibility index (Phi) is 1.55. The number of ether oxygens (including phenoxy) is 1. The predicted molar refractivity (Wildman–Crippen MR) is 45.7 cm³/mol. The number of aryl methyl sites for hydroxylation is 1. The molecule has 0 unspecified atom stereocenters. The van der Waals surface area contributed by atoms with Crippen LogP contribution < -0.4 is 4.74 Å².